The molecule has 0 radical (unpaired) electrons. The van der Waals surface area contributed by atoms with E-state index < -0.39 is 0 Å². The average Bonchev–Trinajstić information content (AvgIpc) is 2.89. The molecule has 22 heavy (non-hydrogen) atoms. The Labute approximate surface area is 132 Å². The maximum Gasteiger partial charge on any atom is 0.153 e. The lowest BCUT2D eigenvalue weighted by Crippen LogP contribution is -2.26. The summed E-state index contributed by atoms with van der Waals surface area (Å²) in [4.78, 5) is 4.33. The minimum atomic E-state index is -0.253. The van der Waals surface area contributed by atoms with Crippen molar-refractivity contribution in [3.05, 3.63) is 41.9 Å². The Balaban J connectivity index is 2.00. The molecular weight excluding hydrogens is 276 g/mol. The number of aliphatic hydroxyl groups excluding tert-OH is 1. The first kappa shape index (κ1) is 16.6. The lowest BCUT2D eigenvalue weighted by molar-refractivity contribution is 0.115. The molecule has 0 aliphatic heterocycles. The summed E-state index contributed by atoms with van der Waals surface area (Å²) in [6.45, 7) is 9.03. The number of aliphatic hydroxyl groups is 1. The molecule has 2 rings (SSSR count). The van der Waals surface area contributed by atoms with Crippen molar-refractivity contribution in [2.24, 2.45) is 5.92 Å². The van der Waals surface area contributed by atoms with Crippen molar-refractivity contribution in [2.45, 2.75) is 46.3 Å². The lowest BCUT2D eigenvalue weighted by Gasteiger charge is -2.18. The molecule has 2 heterocycles. The Morgan fingerprint density at radius 1 is 1.27 bits per heavy atom. The highest BCUT2D eigenvalue weighted by molar-refractivity contribution is 5.29. The monoisotopic (exact) mass is 302 g/mol. The van der Waals surface area contributed by atoms with Crippen LogP contribution < -0.4 is 5.32 Å². The molecule has 0 fully saturated rings. The summed E-state index contributed by atoms with van der Waals surface area (Å²) < 4.78 is 1.86. The highest BCUT2D eigenvalue weighted by Gasteiger charge is 2.15. The molecule has 0 saturated heterocycles. The van der Waals surface area contributed by atoms with Crippen molar-refractivity contribution in [1.82, 2.24) is 20.1 Å². The maximum atomic E-state index is 9.85. The Morgan fingerprint density at radius 3 is 2.68 bits per heavy atom. The summed E-state index contributed by atoms with van der Waals surface area (Å²) in [6, 6.07) is 5.99. The van der Waals surface area contributed by atoms with Crippen LogP contribution >= 0.6 is 0 Å². The first-order valence-corrected chi connectivity index (χ1v) is 7.88. The fourth-order valence-corrected chi connectivity index (χ4v) is 2.45. The molecule has 120 valence electrons. The third kappa shape index (κ3) is 3.93. The molecule has 2 unspecified atom stereocenters. The fraction of sp³-hybridized carbons (Fsp3) is 0.529. The predicted molar refractivity (Wildman–Crippen MR) is 88.0 cm³/mol. The van der Waals surface area contributed by atoms with Gasteiger partial charge in [-0.15, -0.1) is 0 Å². The second-order valence-corrected chi connectivity index (χ2v) is 6.06. The second kappa shape index (κ2) is 7.51. The van der Waals surface area contributed by atoms with Crippen molar-refractivity contribution < 1.29 is 5.11 Å². The van der Waals surface area contributed by atoms with Gasteiger partial charge in [-0.3, -0.25) is 0 Å². The van der Waals surface area contributed by atoms with E-state index in [2.05, 4.69) is 29.2 Å². The molecule has 0 aromatic carbocycles. The van der Waals surface area contributed by atoms with Gasteiger partial charge in [-0.1, -0.05) is 19.9 Å². The summed E-state index contributed by atoms with van der Waals surface area (Å²) in [5.74, 6) is 1.12. The summed E-state index contributed by atoms with van der Waals surface area (Å²) in [6.07, 6.45) is 4.17. The van der Waals surface area contributed by atoms with E-state index in [1.54, 1.807) is 6.20 Å². The van der Waals surface area contributed by atoms with E-state index in [0.29, 0.717) is 5.92 Å². The van der Waals surface area contributed by atoms with E-state index in [1.165, 1.54) is 0 Å². The Hall–Kier alpha value is -1.72. The van der Waals surface area contributed by atoms with Crippen LogP contribution in [0.1, 0.15) is 44.5 Å². The number of rotatable bonds is 7. The fourth-order valence-electron chi connectivity index (χ4n) is 2.45. The van der Waals surface area contributed by atoms with Gasteiger partial charge >= 0.3 is 0 Å². The van der Waals surface area contributed by atoms with Gasteiger partial charge in [-0.2, -0.15) is 5.10 Å². The van der Waals surface area contributed by atoms with Gasteiger partial charge in [0.15, 0.2) is 5.82 Å². The number of hydrogen-bond donors (Lipinski definition) is 2. The average molecular weight is 302 g/mol. The van der Waals surface area contributed by atoms with E-state index in [4.69, 9.17) is 0 Å². The summed E-state index contributed by atoms with van der Waals surface area (Å²) in [7, 11) is 0. The molecule has 0 spiro atoms. The zero-order valence-corrected chi connectivity index (χ0v) is 13.8. The van der Waals surface area contributed by atoms with Gasteiger partial charge in [0.1, 0.15) is 0 Å². The predicted octanol–water partition coefficient (Wildman–Crippen LogP) is 2.63. The van der Waals surface area contributed by atoms with Crippen LogP contribution in [0.5, 0.6) is 0 Å². The molecule has 5 nitrogen and oxygen atoms in total. The van der Waals surface area contributed by atoms with Crippen LogP contribution in [-0.2, 0) is 0 Å². The zero-order valence-electron chi connectivity index (χ0n) is 13.8. The van der Waals surface area contributed by atoms with Crippen molar-refractivity contribution in [3.63, 3.8) is 0 Å². The van der Waals surface area contributed by atoms with Gasteiger partial charge in [-0.25, -0.2) is 9.67 Å². The Bertz CT molecular complexity index is 580. The molecule has 0 aliphatic rings. The molecule has 0 saturated carbocycles. The van der Waals surface area contributed by atoms with Crippen LogP contribution in [0.25, 0.3) is 5.82 Å². The molecule has 5 heteroatoms. The molecule has 0 bridgehead atoms. The van der Waals surface area contributed by atoms with E-state index in [1.807, 2.05) is 42.9 Å². The van der Waals surface area contributed by atoms with Crippen molar-refractivity contribution in [3.8, 4) is 5.82 Å². The van der Waals surface area contributed by atoms with Crippen molar-refractivity contribution in [2.75, 3.05) is 6.54 Å². The molecule has 2 atom stereocenters. The van der Waals surface area contributed by atoms with Crippen LogP contribution in [0.3, 0.4) is 0 Å². The minimum absolute atomic E-state index is 0.192. The Kier molecular flexibility index (Phi) is 5.69. The number of aromatic nitrogens is 3. The topological polar surface area (TPSA) is 63.0 Å². The quantitative estimate of drug-likeness (QED) is 0.825. The van der Waals surface area contributed by atoms with Crippen molar-refractivity contribution in [1.29, 1.82) is 0 Å². The number of nitrogens with one attached hydrogen (secondary N) is 1. The van der Waals surface area contributed by atoms with Crippen LogP contribution in [0.2, 0.25) is 0 Å². The van der Waals surface area contributed by atoms with Gasteiger partial charge in [0.05, 0.1) is 12.3 Å². The van der Waals surface area contributed by atoms with Crippen LogP contribution in [-0.4, -0.2) is 32.5 Å². The minimum Gasteiger partial charge on any atom is -0.393 e. The maximum absolute atomic E-state index is 9.85. The highest BCUT2D eigenvalue weighted by Crippen LogP contribution is 2.19. The lowest BCUT2D eigenvalue weighted by atomic mass is 10.0. The van der Waals surface area contributed by atoms with E-state index in [9.17, 15) is 5.11 Å². The molecule has 2 aromatic heterocycles. The van der Waals surface area contributed by atoms with E-state index in [0.717, 1.165) is 30.0 Å². The van der Waals surface area contributed by atoms with Gasteiger partial charge in [-0.05, 0) is 44.9 Å². The number of nitrogens with zero attached hydrogens (tertiary/aromatic N) is 3. The molecule has 0 amide bonds. The van der Waals surface area contributed by atoms with Gasteiger partial charge in [0.25, 0.3) is 0 Å². The van der Waals surface area contributed by atoms with Crippen LogP contribution in [0.4, 0.5) is 0 Å². The number of hydrogen-bond acceptors (Lipinski definition) is 4. The largest absolute Gasteiger partial charge is 0.393 e. The third-order valence-electron chi connectivity index (χ3n) is 4.04. The third-order valence-corrected chi connectivity index (χ3v) is 4.04. The first-order chi connectivity index (χ1) is 10.5. The van der Waals surface area contributed by atoms with Crippen LogP contribution in [0.15, 0.2) is 30.6 Å². The number of pyridine rings is 1. The second-order valence-electron chi connectivity index (χ2n) is 6.06. The van der Waals surface area contributed by atoms with Gasteiger partial charge < -0.3 is 10.4 Å². The smallest absolute Gasteiger partial charge is 0.153 e. The van der Waals surface area contributed by atoms with Crippen molar-refractivity contribution >= 4 is 0 Å². The van der Waals surface area contributed by atoms with E-state index in [-0.39, 0.29) is 12.1 Å². The van der Waals surface area contributed by atoms with Gasteiger partial charge in [0.2, 0.25) is 0 Å². The summed E-state index contributed by atoms with van der Waals surface area (Å²) in [5.41, 5.74) is 2.24. The van der Waals surface area contributed by atoms with Crippen LogP contribution in [0, 0.1) is 12.8 Å². The Morgan fingerprint density at radius 2 is 2.05 bits per heavy atom. The van der Waals surface area contributed by atoms with Gasteiger partial charge in [0, 0.05) is 23.5 Å². The molecule has 2 N–H and O–H groups in total. The zero-order chi connectivity index (χ0) is 16.1. The first-order valence-electron chi connectivity index (χ1n) is 7.88. The van der Waals surface area contributed by atoms with E-state index >= 15 is 0 Å². The summed E-state index contributed by atoms with van der Waals surface area (Å²) in [5, 5.41) is 17.8. The SMILES string of the molecule is Cc1c(C(C)NCCC(O)C(C)C)cnn1-c1ccccn1. The molecule has 0 aliphatic carbocycles. The molecular formula is C17H26N4O. The summed E-state index contributed by atoms with van der Waals surface area (Å²) >= 11 is 0. The standard InChI is InChI=1S/C17H26N4O/c1-12(2)16(22)8-10-18-13(3)15-11-20-21(14(15)4)17-7-5-6-9-19-17/h5-7,9,11-13,16,18,22H,8,10H2,1-4H3. The molecule has 2 aromatic rings. The normalized spacial score (nSPS) is 14.3. The highest BCUT2D eigenvalue weighted by atomic mass is 16.3.